The highest BCUT2D eigenvalue weighted by Crippen LogP contribution is 2.69. The van der Waals surface area contributed by atoms with Crippen LogP contribution in [-0.2, 0) is 4.79 Å². The van der Waals surface area contributed by atoms with Crippen molar-refractivity contribution in [3.8, 4) is 0 Å². The number of hydrogen-bond acceptors (Lipinski definition) is 1. The molecule has 3 aliphatic carbocycles. The lowest BCUT2D eigenvalue weighted by molar-refractivity contribution is -0.123. The maximum absolute atomic E-state index is 12.3. The van der Waals surface area contributed by atoms with E-state index in [9.17, 15) is 4.79 Å². The van der Waals surface area contributed by atoms with E-state index >= 15 is 0 Å². The number of fused-ring (bicyclic) bond motifs is 5. The zero-order chi connectivity index (χ0) is 13.7. The first kappa shape index (κ1) is 12.9. The average molecular weight is 334 g/mol. The van der Waals surface area contributed by atoms with Crippen LogP contribution in [0, 0.1) is 29.6 Å². The third-order valence-electron chi connectivity index (χ3n) is 5.65. The third kappa shape index (κ3) is 2.02. The number of hydrogen-bond donors (Lipinski definition) is 1. The van der Waals surface area contributed by atoms with E-state index in [1.54, 1.807) is 0 Å². The van der Waals surface area contributed by atoms with E-state index in [0.29, 0.717) is 18.4 Å². The number of carbonyl (C=O) groups is 1. The SMILES string of the molecule is O=C(NCC(Br)c1ccccc1)C1C2C3CCC(C3)C12. The van der Waals surface area contributed by atoms with E-state index in [1.807, 2.05) is 18.2 Å². The molecule has 1 aromatic carbocycles. The lowest BCUT2D eigenvalue weighted by Gasteiger charge is -2.13. The molecule has 5 unspecified atom stereocenters. The fourth-order valence-electron chi connectivity index (χ4n) is 4.76. The molecule has 1 N–H and O–H groups in total. The molecular weight excluding hydrogens is 314 g/mol. The number of rotatable bonds is 4. The van der Waals surface area contributed by atoms with E-state index < -0.39 is 0 Å². The molecule has 1 aromatic rings. The van der Waals surface area contributed by atoms with Gasteiger partial charge in [0.1, 0.15) is 0 Å². The molecule has 1 amide bonds. The van der Waals surface area contributed by atoms with Crippen molar-refractivity contribution in [3.63, 3.8) is 0 Å². The molecule has 0 radical (unpaired) electrons. The first-order valence-corrected chi connectivity index (χ1v) is 8.64. The van der Waals surface area contributed by atoms with Gasteiger partial charge in [0, 0.05) is 12.5 Å². The summed E-state index contributed by atoms with van der Waals surface area (Å²) < 4.78 is 0. The number of nitrogens with one attached hydrogen (secondary N) is 1. The number of carbonyl (C=O) groups excluding carboxylic acids is 1. The summed E-state index contributed by atoms with van der Waals surface area (Å²) in [5.41, 5.74) is 1.23. The van der Waals surface area contributed by atoms with Gasteiger partial charge in [0.25, 0.3) is 0 Å². The Bertz CT molecular complexity index is 501. The fraction of sp³-hybridized carbons (Fsp3) is 0.588. The molecule has 20 heavy (non-hydrogen) atoms. The minimum absolute atomic E-state index is 0.211. The van der Waals surface area contributed by atoms with Crippen molar-refractivity contribution >= 4 is 21.8 Å². The highest BCUT2D eigenvalue weighted by Gasteiger charge is 2.67. The maximum atomic E-state index is 12.3. The van der Waals surface area contributed by atoms with Crippen LogP contribution in [0.2, 0.25) is 0 Å². The second-order valence-electron chi connectivity index (χ2n) is 6.64. The van der Waals surface area contributed by atoms with Crippen LogP contribution in [0.4, 0.5) is 0 Å². The second kappa shape index (κ2) is 4.87. The normalized spacial score (nSPS) is 38.4. The lowest BCUT2D eigenvalue weighted by Crippen LogP contribution is -2.30. The topological polar surface area (TPSA) is 29.1 Å². The number of halogens is 1. The van der Waals surface area contributed by atoms with E-state index in [0.717, 1.165) is 23.7 Å². The van der Waals surface area contributed by atoms with Crippen molar-refractivity contribution < 1.29 is 4.79 Å². The Morgan fingerprint density at radius 1 is 1.20 bits per heavy atom. The molecule has 3 fully saturated rings. The number of amides is 1. The van der Waals surface area contributed by atoms with Crippen LogP contribution in [0.3, 0.4) is 0 Å². The van der Waals surface area contributed by atoms with Crippen molar-refractivity contribution in [2.24, 2.45) is 29.6 Å². The Morgan fingerprint density at radius 2 is 1.85 bits per heavy atom. The van der Waals surface area contributed by atoms with E-state index in [1.165, 1.54) is 24.8 Å². The molecule has 3 heteroatoms. The van der Waals surface area contributed by atoms with Crippen molar-refractivity contribution in [3.05, 3.63) is 35.9 Å². The summed E-state index contributed by atoms with van der Waals surface area (Å²) in [6.45, 7) is 0.689. The minimum Gasteiger partial charge on any atom is -0.354 e. The van der Waals surface area contributed by atoms with Crippen molar-refractivity contribution in [2.75, 3.05) is 6.54 Å². The summed E-state index contributed by atoms with van der Waals surface area (Å²) in [5.74, 6) is 3.86. The number of benzene rings is 1. The molecule has 106 valence electrons. The molecule has 5 atom stereocenters. The molecule has 3 aliphatic rings. The van der Waals surface area contributed by atoms with Crippen molar-refractivity contribution in [2.45, 2.75) is 24.1 Å². The molecule has 4 rings (SSSR count). The predicted molar refractivity (Wildman–Crippen MR) is 82.4 cm³/mol. The Morgan fingerprint density at radius 3 is 2.50 bits per heavy atom. The minimum atomic E-state index is 0.211. The first-order valence-electron chi connectivity index (χ1n) is 7.72. The Hall–Kier alpha value is -0.830. The highest BCUT2D eigenvalue weighted by atomic mass is 79.9. The predicted octanol–water partition coefficient (Wildman–Crippen LogP) is 3.53. The van der Waals surface area contributed by atoms with Gasteiger partial charge in [0.15, 0.2) is 0 Å². The first-order chi connectivity index (χ1) is 9.75. The van der Waals surface area contributed by atoms with Crippen molar-refractivity contribution in [1.29, 1.82) is 0 Å². The summed E-state index contributed by atoms with van der Waals surface area (Å²) in [4.78, 5) is 12.6. The van der Waals surface area contributed by atoms with Gasteiger partial charge in [-0.05, 0) is 48.5 Å². The van der Waals surface area contributed by atoms with Crippen LogP contribution in [-0.4, -0.2) is 12.5 Å². The van der Waals surface area contributed by atoms with E-state index in [-0.39, 0.29) is 4.83 Å². The third-order valence-corrected chi connectivity index (χ3v) is 6.51. The molecule has 0 spiro atoms. The molecule has 0 saturated heterocycles. The van der Waals surface area contributed by atoms with Crippen LogP contribution >= 0.6 is 15.9 Å². The summed E-state index contributed by atoms with van der Waals surface area (Å²) in [5, 5.41) is 3.15. The van der Waals surface area contributed by atoms with Gasteiger partial charge < -0.3 is 5.32 Å². The van der Waals surface area contributed by atoms with Gasteiger partial charge in [-0.1, -0.05) is 46.3 Å². The smallest absolute Gasteiger partial charge is 0.223 e. The highest BCUT2D eigenvalue weighted by molar-refractivity contribution is 9.09. The second-order valence-corrected chi connectivity index (χ2v) is 7.74. The van der Waals surface area contributed by atoms with Crippen LogP contribution in [0.15, 0.2) is 30.3 Å². The van der Waals surface area contributed by atoms with E-state index in [4.69, 9.17) is 0 Å². The lowest BCUT2D eigenvalue weighted by atomic mass is 10.0. The zero-order valence-electron chi connectivity index (χ0n) is 11.5. The molecule has 2 nitrogen and oxygen atoms in total. The molecule has 2 bridgehead atoms. The summed E-state index contributed by atoms with van der Waals surface area (Å²) in [7, 11) is 0. The van der Waals surface area contributed by atoms with Gasteiger partial charge >= 0.3 is 0 Å². The Labute approximate surface area is 128 Å². The van der Waals surface area contributed by atoms with Crippen molar-refractivity contribution in [1.82, 2.24) is 5.32 Å². The standard InChI is InChI=1S/C17H20BrNO/c18-13(10-4-2-1-3-5-10)9-19-17(20)16-14-11-6-7-12(8-11)15(14)16/h1-5,11-16H,6-9H2,(H,19,20). The van der Waals surface area contributed by atoms with Crippen LogP contribution in [0.5, 0.6) is 0 Å². The van der Waals surface area contributed by atoms with E-state index in [2.05, 4.69) is 33.4 Å². The quantitative estimate of drug-likeness (QED) is 0.839. The van der Waals surface area contributed by atoms with Gasteiger partial charge in [-0.3, -0.25) is 4.79 Å². The number of alkyl halides is 1. The van der Waals surface area contributed by atoms with Gasteiger partial charge in [-0.15, -0.1) is 0 Å². The van der Waals surface area contributed by atoms with Gasteiger partial charge in [0.2, 0.25) is 5.91 Å². The largest absolute Gasteiger partial charge is 0.354 e. The summed E-state index contributed by atoms with van der Waals surface area (Å²) in [6, 6.07) is 10.3. The van der Waals surface area contributed by atoms with Gasteiger partial charge in [0.05, 0.1) is 4.83 Å². The monoisotopic (exact) mass is 333 g/mol. The zero-order valence-corrected chi connectivity index (χ0v) is 13.1. The Balaban J connectivity index is 1.32. The van der Waals surface area contributed by atoms with Crippen LogP contribution in [0.25, 0.3) is 0 Å². The Kier molecular flexibility index (Phi) is 3.13. The summed E-state index contributed by atoms with van der Waals surface area (Å²) in [6.07, 6.45) is 4.16. The maximum Gasteiger partial charge on any atom is 0.223 e. The molecule has 0 heterocycles. The molecular formula is C17H20BrNO. The summed E-state index contributed by atoms with van der Waals surface area (Å²) >= 11 is 3.67. The molecule has 0 aromatic heterocycles. The van der Waals surface area contributed by atoms with Gasteiger partial charge in [-0.25, -0.2) is 0 Å². The average Bonchev–Trinajstić information content (AvgIpc) is 2.93. The fourth-order valence-corrected chi connectivity index (χ4v) is 5.23. The molecule has 0 aliphatic heterocycles. The van der Waals surface area contributed by atoms with Crippen LogP contribution in [0.1, 0.15) is 29.7 Å². The molecule has 3 saturated carbocycles. The van der Waals surface area contributed by atoms with Gasteiger partial charge in [-0.2, -0.15) is 0 Å². The van der Waals surface area contributed by atoms with Crippen LogP contribution < -0.4 is 5.32 Å².